The van der Waals surface area contributed by atoms with E-state index < -0.39 is 0 Å². The third-order valence-electron chi connectivity index (χ3n) is 3.14. The van der Waals surface area contributed by atoms with Gasteiger partial charge in [-0.1, -0.05) is 20.8 Å². The van der Waals surface area contributed by atoms with Gasteiger partial charge in [0, 0.05) is 36.3 Å². The molecule has 1 unspecified atom stereocenters. The van der Waals surface area contributed by atoms with Gasteiger partial charge in [0.15, 0.2) is 5.13 Å². The third-order valence-corrected chi connectivity index (χ3v) is 5.15. The predicted molar refractivity (Wildman–Crippen MR) is 89.7 cm³/mol. The van der Waals surface area contributed by atoms with Gasteiger partial charge in [-0.3, -0.25) is 0 Å². The minimum atomic E-state index is 0.517. The molecule has 0 aliphatic rings. The maximum Gasteiger partial charge on any atom is 0.185 e. The highest BCUT2D eigenvalue weighted by Crippen LogP contribution is 2.27. The average Bonchev–Trinajstić information content (AvgIpc) is 2.78. The Hall–Kier alpha value is -0.260. The van der Waals surface area contributed by atoms with Gasteiger partial charge in [-0.25, -0.2) is 4.98 Å². The normalized spacial score (nSPS) is 13.0. The molecule has 1 aromatic rings. The number of hydrogen-bond donors (Lipinski definition) is 1. The molecule has 0 bridgehead atoms. The van der Waals surface area contributed by atoms with Crippen LogP contribution in [-0.2, 0) is 13.0 Å². The summed E-state index contributed by atoms with van der Waals surface area (Å²) in [6.07, 6.45) is 3.16. The van der Waals surface area contributed by atoms with Crippen LogP contribution in [0.25, 0.3) is 0 Å². The molecule has 0 fully saturated rings. The zero-order valence-corrected chi connectivity index (χ0v) is 14.6. The van der Waals surface area contributed by atoms with Gasteiger partial charge in [-0.05, 0) is 19.6 Å². The highest BCUT2D eigenvalue weighted by atomic mass is 32.2. The summed E-state index contributed by atoms with van der Waals surface area (Å²) in [7, 11) is 2.15. The molecule has 0 spiro atoms. The Balaban J connectivity index is 2.79. The lowest BCUT2D eigenvalue weighted by molar-refractivity contribution is 0.590. The minimum Gasteiger partial charge on any atom is -0.348 e. The van der Waals surface area contributed by atoms with Crippen molar-refractivity contribution >= 4 is 28.2 Å². The van der Waals surface area contributed by atoms with Gasteiger partial charge in [-0.15, -0.1) is 11.3 Å². The minimum absolute atomic E-state index is 0.517. The summed E-state index contributed by atoms with van der Waals surface area (Å²) >= 11 is 3.72. The fraction of sp³-hybridized carbons (Fsp3) is 0.786. The zero-order chi connectivity index (χ0) is 14.4. The van der Waals surface area contributed by atoms with E-state index in [2.05, 4.69) is 51.2 Å². The van der Waals surface area contributed by atoms with Crippen molar-refractivity contribution in [3.8, 4) is 0 Å². The molecule has 1 N–H and O–H groups in total. The Morgan fingerprint density at radius 2 is 2.05 bits per heavy atom. The SMILES string of the molecule is CCc1nc(N(C)C(C)CSC)sc1CNC(C)C. The van der Waals surface area contributed by atoms with Crippen molar-refractivity contribution in [2.45, 2.75) is 52.7 Å². The molecule has 0 saturated carbocycles. The quantitative estimate of drug-likeness (QED) is 0.796. The molecule has 5 heteroatoms. The van der Waals surface area contributed by atoms with E-state index in [1.807, 2.05) is 23.1 Å². The molecule has 0 aliphatic heterocycles. The van der Waals surface area contributed by atoms with Gasteiger partial charge >= 0.3 is 0 Å². The molecule has 0 radical (unpaired) electrons. The van der Waals surface area contributed by atoms with E-state index in [4.69, 9.17) is 4.98 Å². The van der Waals surface area contributed by atoms with Gasteiger partial charge in [0.05, 0.1) is 5.69 Å². The van der Waals surface area contributed by atoms with Gasteiger partial charge in [-0.2, -0.15) is 11.8 Å². The second-order valence-corrected chi connectivity index (χ2v) is 7.14. The number of anilines is 1. The number of rotatable bonds is 8. The Morgan fingerprint density at radius 1 is 1.37 bits per heavy atom. The largest absolute Gasteiger partial charge is 0.348 e. The molecular formula is C14H27N3S2. The van der Waals surface area contributed by atoms with Crippen LogP contribution >= 0.6 is 23.1 Å². The first-order valence-corrected chi connectivity index (χ1v) is 9.14. The van der Waals surface area contributed by atoms with Gasteiger partial charge < -0.3 is 10.2 Å². The summed E-state index contributed by atoms with van der Waals surface area (Å²) in [5.74, 6) is 1.14. The van der Waals surface area contributed by atoms with Crippen LogP contribution in [0.4, 0.5) is 5.13 Å². The number of nitrogens with zero attached hydrogens (tertiary/aromatic N) is 2. The lowest BCUT2D eigenvalue weighted by Gasteiger charge is -2.23. The van der Waals surface area contributed by atoms with Crippen molar-refractivity contribution in [1.29, 1.82) is 0 Å². The second-order valence-electron chi connectivity index (χ2n) is 5.17. The lowest BCUT2D eigenvalue weighted by Crippen LogP contribution is -2.30. The Bertz CT molecular complexity index is 377. The summed E-state index contributed by atoms with van der Waals surface area (Å²) in [5.41, 5.74) is 1.25. The fourth-order valence-electron chi connectivity index (χ4n) is 1.77. The number of thiazole rings is 1. The molecule has 1 atom stereocenters. The Kier molecular flexibility index (Phi) is 7.18. The molecule has 110 valence electrons. The van der Waals surface area contributed by atoms with Crippen molar-refractivity contribution in [3.63, 3.8) is 0 Å². The van der Waals surface area contributed by atoms with E-state index in [1.54, 1.807) is 0 Å². The van der Waals surface area contributed by atoms with Gasteiger partial charge in [0.25, 0.3) is 0 Å². The third kappa shape index (κ3) is 4.97. The molecule has 1 aromatic heterocycles. The van der Waals surface area contributed by atoms with Gasteiger partial charge in [0.2, 0.25) is 0 Å². The predicted octanol–water partition coefficient (Wildman–Crippen LogP) is 3.39. The molecule has 0 aliphatic carbocycles. The summed E-state index contributed by atoms with van der Waals surface area (Å²) in [6.45, 7) is 9.74. The van der Waals surface area contributed by atoms with Crippen LogP contribution in [0.15, 0.2) is 0 Å². The van der Waals surface area contributed by atoms with Crippen LogP contribution in [-0.4, -0.2) is 36.1 Å². The molecule has 0 amide bonds. The van der Waals surface area contributed by atoms with E-state index >= 15 is 0 Å². The van der Waals surface area contributed by atoms with Crippen molar-refractivity contribution in [3.05, 3.63) is 10.6 Å². The summed E-state index contributed by atoms with van der Waals surface area (Å²) in [5, 5.41) is 4.64. The Morgan fingerprint density at radius 3 is 2.58 bits per heavy atom. The van der Waals surface area contributed by atoms with Gasteiger partial charge in [0.1, 0.15) is 0 Å². The van der Waals surface area contributed by atoms with E-state index in [0.29, 0.717) is 12.1 Å². The van der Waals surface area contributed by atoms with Crippen molar-refractivity contribution in [2.75, 3.05) is 24.0 Å². The molecule has 0 aromatic carbocycles. The standard InChI is InChI=1S/C14H27N3S2/c1-7-12-13(8-15-10(2)3)19-14(16-12)17(5)11(4)9-18-6/h10-11,15H,7-9H2,1-6H3. The summed E-state index contributed by atoms with van der Waals surface area (Å²) in [6, 6.07) is 1.04. The number of aryl methyl sites for hydroxylation is 1. The summed E-state index contributed by atoms with van der Waals surface area (Å²) < 4.78 is 0. The molecule has 0 saturated heterocycles. The van der Waals surface area contributed by atoms with Crippen LogP contribution in [0, 0.1) is 0 Å². The number of thioether (sulfide) groups is 1. The van der Waals surface area contributed by atoms with Crippen molar-refractivity contribution in [1.82, 2.24) is 10.3 Å². The van der Waals surface area contributed by atoms with Crippen LogP contribution < -0.4 is 10.2 Å². The molecule has 19 heavy (non-hydrogen) atoms. The molecule has 1 heterocycles. The first-order valence-electron chi connectivity index (χ1n) is 6.93. The van der Waals surface area contributed by atoms with Crippen LogP contribution in [0.1, 0.15) is 38.3 Å². The van der Waals surface area contributed by atoms with Crippen LogP contribution in [0.3, 0.4) is 0 Å². The molecular weight excluding hydrogens is 274 g/mol. The maximum absolute atomic E-state index is 4.81. The topological polar surface area (TPSA) is 28.2 Å². The van der Waals surface area contributed by atoms with E-state index in [0.717, 1.165) is 23.8 Å². The van der Waals surface area contributed by atoms with E-state index in [1.165, 1.54) is 10.6 Å². The molecule has 1 rings (SSSR count). The second kappa shape index (κ2) is 8.12. The van der Waals surface area contributed by atoms with Crippen LogP contribution in [0.5, 0.6) is 0 Å². The fourth-order valence-corrected chi connectivity index (χ4v) is 3.64. The van der Waals surface area contributed by atoms with Crippen LogP contribution in [0.2, 0.25) is 0 Å². The monoisotopic (exact) mass is 301 g/mol. The van der Waals surface area contributed by atoms with Crippen molar-refractivity contribution in [2.24, 2.45) is 0 Å². The number of aromatic nitrogens is 1. The summed E-state index contributed by atoms with van der Waals surface area (Å²) in [4.78, 5) is 8.49. The lowest BCUT2D eigenvalue weighted by atomic mass is 10.3. The molecule has 3 nitrogen and oxygen atoms in total. The Labute approximate surface area is 126 Å². The highest BCUT2D eigenvalue weighted by Gasteiger charge is 2.16. The van der Waals surface area contributed by atoms with Crippen molar-refractivity contribution < 1.29 is 0 Å². The highest BCUT2D eigenvalue weighted by molar-refractivity contribution is 7.98. The number of nitrogens with one attached hydrogen (secondary N) is 1. The number of hydrogen-bond acceptors (Lipinski definition) is 5. The first-order chi connectivity index (χ1) is 8.99. The average molecular weight is 302 g/mol. The zero-order valence-electron chi connectivity index (χ0n) is 13.0. The van der Waals surface area contributed by atoms with E-state index in [-0.39, 0.29) is 0 Å². The maximum atomic E-state index is 4.81. The smallest absolute Gasteiger partial charge is 0.185 e. The van der Waals surface area contributed by atoms with E-state index in [9.17, 15) is 0 Å². The first kappa shape index (κ1) is 16.8.